The van der Waals surface area contributed by atoms with E-state index in [1.165, 1.54) is 0 Å². The van der Waals surface area contributed by atoms with Crippen molar-refractivity contribution in [2.24, 2.45) is 11.8 Å². The zero-order valence-corrected chi connectivity index (χ0v) is 14.0. The van der Waals surface area contributed by atoms with E-state index in [1.54, 1.807) is 0 Å². The van der Waals surface area contributed by atoms with E-state index in [0.29, 0.717) is 6.54 Å². The Morgan fingerprint density at radius 1 is 1.21 bits per heavy atom. The van der Waals surface area contributed by atoms with Crippen LogP contribution in [0.15, 0.2) is 0 Å². The zero-order chi connectivity index (χ0) is 15.1. The molecule has 0 saturated heterocycles. The van der Waals surface area contributed by atoms with E-state index in [2.05, 4.69) is 3.53 Å². The van der Waals surface area contributed by atoms with Gasteiger partial charge in [-0.25, -0.2) is 0 Å². The third kappa shape index (κ3) is 5.55. The van der Waals surface area contributed by atoms with Crippen LogP contribution in [0, 0.1) is 32.1 Å². The second kappa shape index (κ2) is 8.62. The van der Waals surface area contributed by atoms with Crippen molar-refractivity contribution in [1.29, 1.82) is 0 Å². The molecule has 7 nitrogen and oxygen atoms in total. The summed E-state index contributed by atoms with van der Waals surface area (Å²) in [7, 11) is 0. The Labute approximate surface area is 124 Å². The molecule has 1 N–H and O–H groups in total. The number of hydrogen-bond donors (Lipinski definition) is 1. The first kappa shape index (κ1) is 18.5. The summed E-state index contributed by atoms with van der Waals surface area (Å²) >= 11 is -1.33. The minimum absolute atomic E-state index is 0.00291. The van der Waals surface area contributed by atoms with Crippen LogP contribution in [0.2, 0.25) is 0 Å². The molecule has 0 spiro atoms. The summed E-state index contributed by atoms with van der Waals surface area (Å²) < 4.78 is 0.957. The molecule has 0 heterocycles. The molecule has 1 unspecified atom stereocenters. The standard InChI is InChI=1S/C11H23IN3O4/c1-5-6-7-13-12-11(14(16)17,15(18)19)8-10(4)9(2)3/h9-10,13H,5-8H2,1-4H3/q-1. The van der Waals surface area contributed by atoms with Crippen LogP contribution < -0.4 is 25.0 Å². The number of nitrogens with one attached hydrogen (secondary N) is 1. The summed E-state index contributed by atoms with van der Waals surface area (Å²) in [6.07, 6.45) is 1.84. The van der Waals surface area contributed by atoms with Crippen molar-refractivity contribution in [1.82, 2.24) is 3.53 Å². The van der Waals surface area contributed by atoms with E-state index in [0.717, 1.165) is 12.8 Å². The third-order valence-electron chi connectivity index (χ3n) is 3.12. The predicted octanol–water partition coefficient (Wildman–Crippen LogP) is -0.730. The summed E-state index contributed by atoms with van der Waals surface area (Å²) in [6.45, 7) is 8.32. The van der Waals surface area contributed by atoms with Crippen LogP contribution in [-0.2, 0) is 0 Å². The van der Waals surface area contributed by atoms with Crippen molar-refractivity contribution in [2.45, 2.75) is 50.6 Å². The van der Waals surface area contributed by atoms with E-state index in [9.17, 15) is 20.2 Å². The average molecular weight is 388 g/mol. The normalized spacial score (nSPS) is 13.7. The number of halogens is 1. The number of unbranched alkanes of at least 4 members (excludes halogenated alkanes) is 1. The molecular weight excluding hydrogens is 365 g/mol. The Balaban J connectivity index is 4.89. The fourth-order valence-electron chi connectivity index (χ4n) is 1.37. The van der Waals surface area contributed by atoms with Crippen LogP contribution in [-0.4, -0.2) is 20.1 Å². The molecule has 8 heteroatoms. The Bertz CT molecular complexity index is 298. The van der Waals surface area contributed by atoms with Gasteiger partial charge >= 0.3 is 124 Å². The van der Waals surface area contributed by atoms with E-state index < -0.39 is 35.0 Å². The van der Waals surface area contributed by atoms with Gasteiger partial charge in [-0.15, -0.1) is 0 Å². The fraction of sp³-hybridized carbons (Fsp3) is 1.00. The van der Waals surface area contributed by atoms with Gasteiger partial charge in [0.1, 0.15) is 0 Å². The van der Waals surface area contributed by atoms with Gasteiger partial charge in [-0.1, -0.05) is 0 Å². The Kier molecular flexibility index (Phi) is 8.39. The van der Waals surface area contributed by atoms with Gasteiger partial charge in [0, 0.05) is 0 Å². The van der Waals surface area contributed by atoms with Gasteiger partial charge in [-0.2, -0.15) is 0 Å². The summed E-state index contributed by atoms with van der Waals surface area (Å²) in [5, 5.41) is 22.5. The molecular formula is C11H23IN3O4-. The van der Waals surface area contributed by atoms with Crippen LogP contribution in [0.1, 0.15) is 47.0 Å². The van der Waals surface area contributed by atoms with Gasteiger partial charge in [0.05, 0.1) is 0 Å². The monoisotopic (exact) mass is 388 g/mol. The van der Waals surface area contributed by atoms with E-state index in [4.69, 9.17) is 0 Å². The van der Waals surface area contributed by atoms with E-state index in [-0.39, 0.29) is 18.3 Å². The molecule has 0 fully saturated rings. The van der Waals surface area contributed by atoms with Gasteiger partial charge in [0.25, 0.3) is 0 Å². The van der Waals surface area contributed by atoms with Crippen LogP contribution in [0.4, 0.5) is 0 Å². The van der Waals surface area contributed by atoms with Crippen LogP contribution in [0.25, 0.3) is 0 Å². The molecule has 0 aromatic carbocycles. The first-order valence-corrected chi connectivity index (χ1v) is 8.60. The minimum atomic E-state index is -2.00. The Morgan fingerprint density at radius 3 is 2.11 bits per heavy atom. The summed E-state index contributed by atoms with van der Waals surface area (Å²) in [4.78, 5) is 21.1. The van der Waals surface area contributed by atoms with Crippen LogP contribution >= 0.6 is 0 Å². The molecule has 19 heavy (non-hydrogen) atoms. The van der Waals surface area contributed by atoms with E-state index in [1.807, 2.05) is 27.7 Å². The van der Waals surface area contributed by atoms with Crippen molar-refractivity contribution in [3.05, 3.63) is 20.2 Å². The fourth-order valence-corrected chi connectivity index (χ4v) is 3.94. The molecule has 0 aromatic heterocycles. The van der Waals surface area contributed by atoms with Crippen molar-refractivity contribution in [2.75, 3.05) is 6.54 Å². The number of nitro groups is 2. The van der Waals surface area contributed by atoms with Crippen molar-refractivity contribution < 1.29 is 31.3 Å². The first-order valence-electron chi connectivity index (χ1n) is 6.44. The van der Waals surface area contributed by atoms with Gasteiger partial charge in [0.2, 0.25) is 0 Å². The molecule has 0 amide bonds. The molecule has 0 radical (unpaired) electrons. The molecule has 0 rings (SSSR count). The maximum atomic E-state index is 11.2. The number of alkyl halides is 1. The number of hydrogen-bond acceptors (Lipinski definition) is 5. The van der Waals surface area contributed by atoms with Gasteiger partial charge in [-0.05, 0) is 0 Å². The third-order valence-corrected chi connectivity index (χ3v) is 6.14. The van der Waals surface area contributed by atoms with Crippen molar-refractivity contribution in [3.8, 4) is 0 Å². The van der Waals surface area contributed by atoms with Gasteiger partial charge in [-0.3, -0.25) is 0 Å². The quantitative estimate of drug-likeness (QED) is 0.0778. The Hall–Kier alpha value is -0.510. The SMILES string of the molecule is CCCCN[I-]C(CC(C)C(C)C)([N+](=O)[O-])[N+](=O)[O-]. The molecule has 1 atom stereocenters. The average Bonchev–Trinajstić information content (AvgIpc) is 2.31. The van der Waals surface area contributed by atoms with Crippen molar-refractivity contribution >= 4 is 0 Å². The first-order chi connectivity index (χ1) is 8.77. The second-order valence-corrected chi connectivity index (χ2v) is 8.02. The second-order valence-electron chi connectivity index (χ2n) is 4.99. The molecule has 0 aliphatic rings. The zero-order valence-electron chi connectivity index (χ0n) is 11.9. The topological polar surface area (TPSA) is 98.3 Å². The van der Waals surface area contributed by atoms with Gasteiger partial charge in [0.15, 0.2) is 0 Å². The molecule has 0 aliphatic heterocycles. The maximum absolute atomic E-state index is 11.2. The summed E-state index contributed by atoms with van der Waals surface area (Å²) in [5.74, 6) is 0.141. The van der Waals surface area contributed by atoms with E-state index >= 15 is 0 Å². The molecule has 114 valence electrons. The molecule has 0 saturated carbocycles. The summed E-state index contributed by atoms with van der Waals surface area (Å²) in [6, 6.07) is 0. The predicted molar refractivity (Wildman–Crippen MR) is 68.2 cm³/mol. The molecule has 0 aromatic rings. The van der Waals surface area contributed by atoms with Gasteiger partial charge < -0.3 is 0 Å². The number of nitrogens with zero attached hydrogens (tertiary/aromatic N) is 2. The Morgan fingerprint density at radius 2 is 1.74 bits per heavy atom. The molecule has 0 bridgehead atoms. The van der Waals surface area contributed by atoms with Crippen LogP contribution in [0.5, 0.6) is 0 Å². The molecule has 0 aliphatic carbocycles. The van der Waals surface area contributed by atoms with Crippen LogP contribution in [0.3, 0.4) is 0 Å². The summed E-state index contributed by atoms with van der Waals surface area (Å²) in [5.41, 5.74) is 0. The number of rotatable bonds is 10. The van der Waals surface area contributed by atoms with Crippen molar-refractivity contribution in [3.63, 3.8) is 0 Å².